The molecule has 0 saturated carbocycles. The fourth-order valence-corrected chi connectivity index (χ4v) is 4.52. The Morgan fingerprint density at radius 3 is 2.71 bits per heavy atom. The van der Waals surface area contributed by atoms with Crippen molar-refractivity contribution < 1.29 is 17.9 Å². The molecule has 0 bridgehead atoms. The van der Waals surface area contributed by atoms with Gasteiger partial charge < -0.3 is 9.47 Å². The fourth-order valence-electron chi connectivity index (χ4n) is 3.01. The molecule has 0 amide bonds. The van der Waals surface area contributed by atoms with Crippen molar-refractivity contribution in [2.24, 2.45) is 5.92 Å². The normalized spacial score (nSPS) is 30.5. The average molecular weight is 320 g/mol. The zero-order valence-electron chi connectivity index (χ0n) is 13.3. The molecule has 2 rings (SSSR count). The topological polar surface area (TPSA) is 59.1 Å². The number of hydrogen-bond acceptors (Lipinski definition) is 5. The summed E-state index contributed by atoms with van der Waals surface area (Å²) in [6, 6.07) is -0.0696. The molecule has 0 aromatic carbocycles. The highest BCUT2D eigenvalue weighted by Crippen LogP contribution is 2.25. The van der Waals surface area contributed by atoms with Gasteiger partial charge in [-0.2, -0.15) is 4.31 Å². The number of fused-ring (bicyclic) bond motifs is 1. The van der Waals surface area contributed by atoms with Gasteiger partial charge in [0.25, 0.3) is 0 Å². The van der Waals surface area contributed by atoms with Crippen molar-refractivity contribution in [3.05, 3.63) is 0 Å². The summed E-state index contributed by atoms with van der Waals surface area (Å²) in [4.78, 5) is 2.33. The number of sulfonamides is 1. The van der Waals surface area contributed by atoms with E-state index in [2.05, 4.69) is 18.7 Å². The van der Waals surface area contributed by atoms with Crippen LogP contribution in [-0.4, -0.2) is 82.0 Å². The van der Waals surface area contributed by atoms with Gasteiger partial charge in [-0.15, -0.1) is 0 Å². The summed E-state index contributed by atoms with van der Waals surface area (Å²) in [6.45, 7) is 8.16. The van der Waals surface area contributed by atoms with Crippen LogP contribution >= 0.6 is 0 Å². The summed E-state index contributed by atoms with van der Waals surface area (Å²) < 4.78 is 37.3. The number of ether oxygens (including phenoxy) is 2. The van der Waals surface area contributed by atoms with Crippen molar-refractivity contribution in [3.8, 4) is 0 Å². The third-order valence-electron chi connectivity index (χ3n) is 4.25. The molecule has 2 fully saturated rings. The standard InChI is InChI=1S/C14H28N2O4S/c1-12(2)4-5-15-10-13-14(11-15)20-8-9-21(17,18)16(13)6-7-19-3/h12-14H,4-11H2,1-3H3/t13-,14+/m1/s1. The minimum atomic E-state index is -3.24. The molecule has 7 heteroatoms. The minimum Gasteiger partial charge on any atom is -0.383 e. The summed E-state index contributed by atoms with van der Waals surface area (Å²) >= 11 is 0. The second kappa shape index (κ2) is 7.37. The number of rotatable bonds is 6. The second-order valence-corrected chi connectivity index (χ2v) is 8.38. The van der Waals surface area contributed by atoms with E-state index in [1.807, 2.05) is 0 Å². The van der Waals surface area contributed by atoms with Crippen LogP contribution in [0.1, 0.15) is 20.3 Å². The molecule has 2 heterocycles. The molecule has 0 aromatic rings. The zero-order valence-corrected chi connectivity index (χ0v) is 14.1. The van der Waals surface area contributed by atoms with E-state index >= 15 is 0 Å². The summed E-state index contributed by atoms with van der Waals surface area (Å²) in [5.41, 5.74) is 0. The quantitative estimate of drug-likeness (QED) is 0.709. The van der Waals surface area contributed by atoms with Crippen molar-refractivity contribution in [1.82, 2.24) is 9.21 Å². The third-order valence-corrected chi connectivity index (χ3v) is 6.10. The first-order chi connectivity index (χ1) is 9.94. The Bertz CT molecular complexity index is 427. The Labute approximate surface area is 128 Å². The maximum absolute atomic E-state index is 12.4. The highest BCUT2D eigenvalue weighted by Gasteiger charge is 2.43. The first-order valence-corrected chi connectivity index (χ1v) is 9.37. The maximum Gasteiger partial charge on any atom is 0.216 e. The number of hydrogen-bond donors (Lipinski definition) is 0. The lowest BCUT2D eigenvalue weighted by Gasteiger charge is -2.28. The van der Waals surface area contributed by atoms with Gasteiger partial charge in [0.15, 0.2) is 0 Å². The highest BCUT2D eigenvalue weighted by molar-refractivity contribution is 7.89. The Balaban J connectivity index is 2.06. The van der Waals surface area contributed by atoms with Crippen LogP contribution in [-0.2, 0) is 19.5 Å². The largest absolute Gasteiger partial charge is 0.383 e. The average Bonchev–Trinajstić information content (AvgIpc) is 2.75. The predicted molar refractivity (Wildman–Crippen MR) is 81.8 cm³/mol. The molecule has 21 heavy (non-hydrogen) atoms. The molecule has 0 spiro atoms. The molecule has 2 saturated heterocycles. The van der Waals surface area contributed by atoms with Crippen LogP contribution in [0.3, 0.4) is 0 Å². The molecule has 6 nitrogen and oxygen atoms in total. The van der Waals surface area contributed by atoms with E-state index in [1.54, 1.807) is 11.4 Å². The van der Waals surface area contributed by atoms with E-state index in [0.29, 0.717) is 25.7 Å². The SMILES string of the molecule is COCCN1[C@@H]2CN(CCC(C)C)C[C@@H]2OCCS1(=O)=O. The molecule has 0 radical (unpaired) electrons. The second-order valence-electron chi connectivity index (χ2n) is 6.34. The van der Waals surface area contributed by atoms with Gasteiger partial charge in [0.2, 0.25) is 10.0 Å². The first kappa shape index (κ1) is 17.1. The van der Waals surface area contributed by atoms with E-state index < -0.39 is 10.0 Å². The van der Waals surface area contributed by atoms with Gasteiger partial charge in [-0.05, 0) is 18.9 Å². The Morgan fingerprint density at radius 2 is 2.05 bits per heavy atom. The van der Waals surface area contributed by atoms with Gasteiger partial charge in [-0.3, -0.25) is 4.90 Å². The summed E-state index contributed by atoms with van der Waals surface area (Å²) in [7, 11) is -1.64. The lowest BCUT2D eigenvalue weighted by molar-refractivity contribution is 0.0432. The fraction of sp³-hybridized carbons (Fsp3) is 1.00. The molecule has 0 aliphatic carbocycles. The van der Waals surface area contributed by atoms with Crippen LogP contribution in [0.5, 0.6) is 0 Å². The van der Waals surface area contributed by atoms with Gasteiger partial charge in [0.05, 0.1) is 31.1 Å². The molecule has 0 N–H and O–H groups in total. The molecule has 2 aliphatic heterocycles. The monoisotopic (exact) mass is 320 g/mol. The van der Waals surface area contributed by atoms with Gasteiger partial charge in [-0.25, -0.2) is 8.42 Å². The molecule has 2 aliphatic rings. The van der Waals surface area contributed by atoms with Crippen LogP contribution in [0.4, 0.5) is 0 Å². The molecule has 124 valence electrons. The Morgan fingerprint density at radius 1 is 1.29 bits per heavy atom. The van der Waals surface area contributed by atoms with Crippen LogP contribution in [0.2, 0.25) is 0 Å². The van der Waals surface area contributed by atoms with Crippen LogP contribution in [0.15, 0.2) is 0 Å². The van der Waals surface area contributed by atoms with Gasteiger partial charge in [-0.1, -0.05) is 13.8 Å². The van der Waals surface area contributed by atoms with E-state index in [9.17, 15) is 8.42 Å². The maximum atomic E-state index is 12.4. The van der Waals surface area contributed by atoms with Gasteiger partial charge >= 0.3 is 0 Å². The van der Waals surface area contributed by atoms with E-state index in [1.165, 1.54) is 0 Å². The Kier molecular flexibility index (Phi) is 6.02. The molecular weight excluding hydrogens is 292 g/mol. The molecule has 0 unspecified atom stereocenters. The zero-order chi connectivity index (χ0) is 15.5. The van der Waals surface area contributed by atoms with Crippen molar-refractivity contribution in [3.63, 3.8) is 0 Å². The smallest absolute Gasteiger partial charge is 0.216 e. The van der Waals surface area contributed by atoms with Crippen LogP contribution < -0.4 is 0 Å². The molecule has 2 atom stereocenters. The van der Waals surface area contributed by atoms with E-state index in [-0.39, 0.29) is 17.9 Å². The van der Waals surface area contributed by atoms with Crippen molar-refractivity contribution in [2.45, 2.75) is 32.4 Å². The third kappa shape index (κ3) is 4.39. The summed E-state index contributed by atoms with van der Waals surface area (Å²) in [5.74, 6) is 0.736. The van der Waals surface area contributed by atoms with E-state index in [4.69, 9.17) is 9.47 Å². The Hall–Kier alpha value is -0.210. The molecular formula is C14H28N2O4S. The summed E-state index contributed by atoms with van der Waals surface area (Å²) in [6.07, 6.45) is 1.12. The molecule has 0 aromatic heterocycles. The van der Waals surface area contributed by atoms with Crippen molar-refractivity contribution >= 4 is 10.0 Å². The lowest BCUT2D eigenvalue weighted by atomic mass is 10.1. The number of methoxy groups -OCH3 is 1. The summed E-state index contributed by atoms with van der Waals surface area (Å²) in [5, 5.41) is 0. The predicted octanol–water partition coefficient (Wildman–Crippen LogP) is 0.394. The first-order valence-electron chi connectivity index (χ1n) is 7.76. The van der Waals surface area contributed by atoms with Gasteiger partial charge in [0.1, 0.15) is 0 Å². The van der Waals surface area contributed by atoms with Crippen LogP contribution in [0.25, 0.3) is 0 Å². The van der Waals surface area contributed by atoms with Crippen molar-refractivity contribution in [1.29, 1.82) is 0 Å². The van der Waals surface area contributed by atoms with Crippen LogP contribution in [0, 0.1) is 5.92 Å². The number of likely N-dealkylation sites (tertiary alicyclic amines) is 1. The lowest BCUT2D eigenvalue weighted by Crippen LogP contribution is -2.47. The minimum absolute atomic E-state index is 0.00806. The highest BCUT2D eigenvalue weighted by atomic mass is 32.2. The van der Waals surface area contributed by atoms with Crippen molar-refractivity contribution in [2.75, 3.05) is 52.3 Å². The van der Waals surface area contributed by atoms with E-state index in [0.717, 1.165) is 26.1 Å². The number of nitrogens with zero attached hydrogens (tertiary/aromatic N) is 2. The van der Waals surface area contributed by atoms with Gasteiger partial charge in [0, 0.05) is 26.7 Å².